The van der Waals surface area contributed by atoms with Gasteiger partial charge in [-0.25, -0.2) is 0 Å². The van der Waals surface area contributed by atoms with E-state index in [1.807, 2.05) is 13.0 Å². The van der Waals surface area contributed by atoms with Crippen LogP contribution in [0.3, 0.4) is 0 Å². The van der Waals surface area contributed by atoms with Crippen molar-refractivity contribution in [2.24, 2.45) is 37.7 Å². The van der Waals surface area contributed by atoms with Crippen LogP contribution in [0.15, 0.2) is 38.3 Å². The molecular weight excluding hydrogens is 394 g/mol. The van der Waals surface area contributed by atoms with Crippen LogP contribution in [0.4, 0.5) is 0 Å². The Morgan fingerprint density at radius 1 is 1.17 bits per heavy atom. The van der Waals surface area contributed by atoms with Crippen LogP contribution >= 0.6 is 11.8 Å². The molecule has 4 aliphatic rings. The highest BCUT2D eigenvalue weighted by Crippen LogP contribution is 2.67. The summed E-state index contributed by atoms with van der Waals surface area (Å²) in [5.41, 5.74) is 2.89. The lowest BCUT2D eigenvalue weighted by Crippen LogP contribution is -2.63. The molecule has 0 aromatic heterocycles. The fourth-order valence-electron chi connectivity index (χ4n) is 6.78. The average molecular weight is 424 g/mol. The number of hydrogen-bond acceptors (Lipinski definition) is 7. The number of nitroso groups, excluding NO2 is 1. The quantitative estimate of drug-likeness (QED) is 0.233. The third-order valence-electron chi connectivity index (χ3n) is 8.41. The van der Waals surface area contributed by atoms with E-state index in [1.54, 1.807) is 4.70 Å². The van der Waals surface area contributed by atoms with Crippen LogP contribution < -0.4 is 0 Å². The first kappa shape index (κ1) is 22.0. The Hall–Kier alpha value is -1.73. The molecule has 0 aromatic rings. The van der Waals surface area contributed by atoms with Gasteiger partial charge in [-0.05, 0) is 80.8 Å². The SMILES string of the molecule is CC(=NO)C1=CC[C@H]2[C@@H]3CCC4=CC(=NO)CC[C@]4(C)[C@@]3(O)CC[C@]12C.O=NCl. The summed E-state index contributed by atoms with van der Waals surface area (Å²) in [7, 11) is 0. The van der Waals surface area contributed by atoms with E-state index in [4.69, 9.17) is 10.1 Å². The number of halogens is 1. The zero-order valence-corrected chi connectivity index (χ0v) is 18.0. The lowest BCUT2D eigenvalue weighted by Gasteiger charge is -2.62. The molecule has 5 atom stereocenters. The molecule has 3 N–H and O–H groups in total. The molecule has 0 aromatic carbocycles. The van der Waals surface area contributed by atoms with Crippen molar-refractivity contribution in [1.82, 2.24) is 0 Å². The maximum Gasteiger partial charge on any atom is 0.0835 e. The zero-order valence-electron chi connectivity index (χ0n) is 17.2. The van der Waals surface area contributed by atoms with E-state index in [9.17, 15) is 10.3 Å². The van der Waals surface area contributed by atoms with Crippen molar-refractivity contribution in [1.29, 1.82) is 0 Å². The first-order valence-electron chi connectivity index (χ1n) is 10.2. The Morgan fingerprint density at radius 3 is 2.48 bits per heavy atom. The molecule has 2 saturated carbocycles. The van der Waals surface area contributed by atoms with Crippen LogP contribution in [0.25, 0.3) is 0 Å². The van der Waals surface area contributed by atoms with Gasteiger partial charge < -0.3 is 15.5 Å². The predicted molar refractivity (Wildman–Crippen MR) is 112 cm³/mol. The molecule has 29 heavy (non-hydrogen) atoms. The van der Waals surface area contributed by atoms with E-state index >= 15 is 0 Å². The van der Waals surface area contributed by atoms with Gasteiger partial charge in [-0.2, -0.15) is 0 Å². The zero-order chi connectivity index (χ0) is 21.4. The van der Waals surface area contributed by atoms with Crippen LogP contribution in [0.1, 0.15) is 65.7 Å². The van der Waals surface area contributed by atoms with Gasteiger partial charge in [0.05, 0.1) is 28.8 Å². The lowest BCUT2D eigenvalue weighted by atomic mass is 9.44. The van der Waals surface area contributed by atoms with Gasteiger partial charge in [0, 0.05) is 10.1 Å². The highest BCUT2D eigenvalue weighted by atomic mass is 35.5. The summed E-state index contributed by atoms with van der Waals surface area (Å²) in [5, 5.41) is 37.3. The molecule has 7 nitrogen and oxygen atoms in total. The molecule has 0 spiro atoms. The monoisotopic (exact) mass is 423 g/mol. The van der Waals surface area contributed by atoms with Gasteiger partial charge in [-0.1, -0.05) is 35.8 Å². The van der Waals surface area contributed by atoms with Crippen molar-refractivity contribution in [2.45, 2.75) is 71.3 Å². The summed E-state index contributed by atoms with van der Waals surface area (Å²) in [6, 6.07) is 0. The number of aliphatic hydroxyl groups is 1. The van der Waals surface area contributed by atoms with Crippen LogP contribution in [0.2, 0.25) is 0 Å². The van der Waals surface area contributed by atoms with Crippen LogP contribution in [-0.2, 0) is 0 Å². The van der Waals surface area contributed by atoms with Crippen molar-refractivity contribution in [3.8, 4) is 0 Å². The molecular formula is C21H30ClN3O4. The number of nitrogens with zero attached hydrogens (tertiary/aromatic N) is 3. The van der Waals surface area contributed by atoms with Crippen molar-refractivity contribution < 1.29 is 15.5 Å². The first-order chi connectivity index (χ1) is 13.7. The maximum absolute atomic E-state index is 12.0. The van der Waals surface area contributed by atoms with Gasteiger partial charge >= 0.3 is 0 Å². The van der Waals surface area contributed by atoms with Crippen molar-refractivity contribution in [3.63, 3.8) is 0 Å². The molecule has 4 aliphatic carbocycles. The minimum absolute atomic E-state index is 0.0167. The largest absolute Gasteiger partial charge is 0.411 e. The number of hydrogen-bond donors (Lipinski definition) is 3. The van der Waals surface area contributed by atoms with Crippen LogP contribution in [0.5, 0.6) is 0 Å². The fourth-order valence-corrected chi connectivity index (χ4v) is 6.78. The lowest BCUT2D eigenvalue weighted by molar-refractivity contribution is -0.182. The van der Waals surface area contributed by atoms with E-state index in [0.717, 1.165) is 49.8 Å². The molecule has 160 valence electrons. The predicted octanol–water partition coefficient (Wildman–Crippen LogP) is 5.19. The number of allylic oxidation sites excluding steroid dienone is 3. The summed E-state index contributed by atoms with van der Waals surface area (Å²) in [6.07, 6.45) is 10.4. The second-order valence-corrected chi connectivity index (χ2v) is 9.43. The van der Waals surface area contributed by atoms with E-state index < -0.39 is 5.60 Å². The Kier molecular flexibility index (Phi) is 5.94. The molecule has 4 rings (SSSR count). The van der Waals surface area contributed by atoms with Crippen molar-refractivity contribution in [3.05, 3.63) is 28.2 Å². The smallest absolute Gasteiger partial charge is 0.0835 e. The summed E-state index contributed by atoms with van der Waals surface area (Å²) in [5.74, 6) is 0.635. The van der Waals surface area contributed by atoms with Gasteiger partial charge in [0.25, 0.3) is 0 Å². The normalized spacial score (nSPS) is 42.5. The highest BCUT2D eigenvalue weighted by molar-refractivity contribution is 6.14. The summed E-state index contributed by atoms with van der Waals surface area (Å²) in [6.45, 7) is 6.38. The van der Waals surface area contributed by atoms with Gasteiger partial charge in [-0.3, -0.25) is 0 Å². The standard InChI is InChI=1S/C21H30N2O3.ClNO/c1-13(22-25)16-6-7-17-18-5-4-14-12-15(23-26)8-9-20(14,3)21(18,24)11-10-19(16,17)2;1-2-3/h6,12,17-18,24-26H,4-5,7-11H2,1-3H3;/t17-,18-,19+,20-,21+;/m0./s1. The minimum Gasteiger partial charge on any atom is -0.411 e. The molecule has 0 saturated heterocycles. The minimum atomic E-state index is -0.713. The van der Waals surface area contributed by atoms with Gasteiger partial charge in [-0.15, -0.1) is 4.91 Å². The topological polar surface area (TPSA) is 115 Å². The molecule has 0 unspecified atom stereocenters. The maximum atomic E-state index is 12.0. The second kappa shape index (κ2) is 7.84. The Bertz CT molecular complexity index is 808. The third kappa shape index (κ3) is 3.13. The van der Waals surface area contributed by atoms with Gasteiger partial charge in [0.2, 0.25) is 0 Å². The number of rotatable bonds is 1. The molecule has 0 amide bonds. The highest BCUT2D eigenvalue weighted by Gasteiger charge is 2.64. The van der Waals surface area contributed by atoms with E-state index in [2.05, 4.69) is 42.0 Å². The summed E-state index contributed by atoms with van der Waals surface area (Å²) >= 11 is 4.07. The molecule has 0 radical (unpaired) electrons. The van der Waals surface area contributed by atoms with Crippen LogP contribution in [-0.4, -0.2) is 32.5 Å². The van der Waals surface area contributed by atoms with E-state index in [0.29, 0.717) is 18.1 Å². The summed E-state index contributed by atoms with van der Waals surface area (Å²) < 4.78 is 1.72. The Balaban J connectivity index is 0.000000755. The fraction of sp³-hybridized carbons (Fsp3) is 0.714. The van der Waals surface area contributed by atoms with Crippen molar-refractivity contribution >= 4 is 23.2 Å². The van der Waals surface area contributed by atoms with Gasteiger partial charge in [0.15, 0.2) is 0 Å². The molecule has 0 heterocycles. The second-order valence-electron chi connectivity index (χ2n) is 9.29. The third-order valence-corrected chi connectivity index (χ3v) is 8.41. The van der Waals surface area contributed by atoms with E-state index in [1.165, 1.54) is 5.57 Å². The number of oxime groups is 2. The molecule has 2 fully saturated rings. The van der Waals surface area contributed by atoms with Crippen molar-refractivity contribution in [2.75, 3.05) is 0 Å². The molecule has 0 bridgehead atoms. The summed E-state index contributed by atoms with van der Waals surface area (Å²) in [4.78, 5) is 8.32. The Morgan fingerprint density at radius 2 is 1.86 bits per heavy atom. The molecule has 0 aliphatic heterocycles. The van der Waals surface area contributed by atoms with Crippen LogP contribution in [0, 0.1) is 27.6 Å². The average Bonchev–Trinajstić information content (AvgIpc) is 3.05. The number of fused-ring (bicyclic) bond motifs is 5. The van der Waals surface area contributed by atoms with Gasteiger partial charge in [0.1, 0.15) is 0 Å². The van der Waals surface area contributed by atoms with E-state index in [-0.39, 0.29) is 16.7 Å². The molecule has 8 heteroatoms. The first-order valence-corrected chi connectivity index (χ1v) is 10.5. The Labute approximate surface area is 176 Å².